The molecule has 28 heavy (non-hydrogen) atoms. The van der Waals surface area contributed by atoms with Crippen LogP contribution in [0.5, 0.6) is 5.75 Å². The highest BCUT2D eigenvalue weighted by Crippen LogP contribution is 2.18. The van der Waals surface area contributed by atoms with Crippen LogP contribution in [0.4, 0.5) is 11.4 Å². The number of hydrogen-bond acceptors (Lipinski definition) is 6. The molecule has 0 atom stereocenters. The molecule has 0 aliphatic carbocycles. The topological polar surface area (TPSA) is 84.7 Å². The lowest BCUT2D eigenvalue weighted by Gasteiger charge is -2.22. The van der Waals surface area contributed by atoms with Crippen LogP contribution in [0.1, 0.15) is 50.5 Å². The Morgan fingerprint density at radius 3 is 2.43 bits per heavy atom. The summed E-state index contributed by atoms with van der Waals surface area (Å²) >= 11 is 0. The average Bonchev–Trinajstić information content (AvgIpc) is 2.84. The Labute approximate surface area is 166 Å². The Morgan fingerprint density at radius 1 is 1.00 bits per heavy atom. The Bertz CT molecular complexity index is 817. The first-order valence-electron chi connectivity index (χ1n) is 10.4. The number of benzene rings is 1. The minimum absolute atomic E-state index is 0.0403. The van der Waals surface area contributed by atoms with Crippen molar-refractivity contribution in [2.75, 3.05) is 37.3 Å². The summed E-state index contributed by atoms with van der Waals surface area (Å²) in [4.78, 5) is 25.0. The molecule has 6 heteroatoms. The second kappa shape index (κ2) is 10.3. The summed E-state index contributed by atoms with van der Waals surface area (Å²) in [6.07, 6.45) is 8.73. The number of rotatable bonds is 8. The zero-order chi connectivity index (χ0) is 19.8. The van der Waals surface area contributed by atoms with E-state index in [1.807, 2.05) is 12.1 Å². The second-order valence-corrected chi connectivity index (χ2v) is 7.62. The molecule has 1 aliphatic rings. The van der Waals surface area contributed by atoms with E-state index < -0.39 is 10.9 Å². The van der Waals surface area contributed by atoms with Crippen molar-refractivity contribution < 1.29 is 4.74 Å². The summed E-state index contributed by atoms with van der Waals surface area (Å²) in [6.45, 7) is 4.41. The first kappa shape index (κ1) is 20.4. The molecule has 2 aromatic rings. The van der Waals surface area contributed by atoms with Crippen molar-refractivity contribution in [3.63, 3.8) is 0 Å². The molecular formula is C22H31N3O3. The van der Waals surface area contributed by atoms with Crippen LogP contribution in [0.2, 0.25) is 0 Å². The van der Waals surface area contributed by atoms with Crippen molar-refractivity contribution in [3.8, 4) is 5.75 Å². The monoisotopic (exact) mass is 385 g/mol. The summed E-state index contributed by atoms with van der Waals surface area (Å²) in [5.74, 6) is 0.871. The maximum Gasteiger partial charge on any atom is 0.253 e. The van der Waals surface area contributed by atoms with Crippen LogP contribution in [-0.2, 0) is 6.54 Å². The van der Waals surface area contributed by atoms with E-state index in [9.17, 15) is 9.59 Å². The molecule has 0 bridgehead atoms. The van der Waals surface area contributed by atoms with Gasteiger partial charge in [-0.25, -0.2) is 0 Å². The molecule has 0 aromatic heterocycles. The first-order chi connectivity index (χ1) is 13.6. The quantitative estimate of drug-likeness (QED) is 0.537. The molecule has 3 rings (SSSR count). The summed E-state index contributed by atoms with van der Waals surface area (Å²) in [5, 5.41) is 2.91. The zero-order valence-corrected chi connectivity index (χ0v) is 16.5. The van der Waals surface area contributed by atoms with Gasteiger partial charge in [-0.15, -0.1) is 0 Å². The fraction of sp³-hybridized carbons (Fsp3) is 0.545. The van der Waals surface area contributed by atoms with E-state index in [2.05, 4.69) is 22.3 Å². The van der Waals surface area contributed by atoms with E-state index in [1.165, 1.54) is 57.2 Å². The Morgan fingerprint density at radius 2 is 1.71 bits per heavy atom. The molecule has 152 valence electrons. The molecule has 0 unspecified atom stereocenters. The van der Waals surface area contributed by atoms with Crippen LogP contribution in [0.15, 0.2) is 33.9 Å². The third-order valence-corrected chi connectivity index (χ3v) is 5.34. The molecule has 1 saturated heterocycles. The summed E-state index contributed by atoms with van der Waals surface area (Å²) in [5.41, 5.74) is 5.95. The van der Waals surface area contributed by atoms with Gasteiger partial charge < -0.3 is 15.8 Å². The van der Waals surface area contributed by atoms with Crippen LogP contribution >= 0.6 is 0 Å². The van der Waals surface area contributed by atoms with Gasteiger partial charge in [-0.3, -0.25) is 14.5 Å². The smallest absolute Gasteiger partial charge is 0.253 e. The maximum absolute atomic E-state index is 11.3. The van der Waals surface area contributed by atoms with Gasteiger partial charge in [0.15, 0.2) is 0 Å². The van der Waals surface area contributed by atoms with Crippen LogP contribution in [0, 0.1) is 0 Å². The van der Waals surface area contributed by atoms with Crippen LogP contribution in [0.25, 0.3) is 0 Å². The molecule has 1 heterocycles. The minimum Gasteiger partial charge on any atom is -0.494 e. The van der Waals surface area contributed by atoms with E-state index in [0.717, 1.165) is 12.3 Å². The molecule has 0 spiro atoms. The van der Waals surface area contributed by atoms with Gasteiger partial charge in [0.1, 0.15) is 17.1 Å². The standard InChI is InChI=1S/C22H31N3O3/c23-19-20(22(27)21(19)26)24-11-8-14-28-18-10-7-9-17(15-18)16-25-12-5-3-1-2-4-6-13-25/h7,9-10,15,24H,1-6,8,11-14,16,23H2. The van der Waals surface area contributed by atoms with E-state index in [0.29, 0.717) is 19.6 Å². The average molecular weight is 386 g/mol. The van der Waals surface area contributed by atoms with Gasteiger partial charge in [-0.1, -0.05) is 37.8 Å². The zero-order valence-electron chi connectivity index (χ0n) is 16.5. The number of nitrogens with one attached hydrogen (secondary N) is 1. The molecular weight excluding hydrogens is 354 g/mol. The normalized spacial score (nSPS) is 16.3. The van der Waals surface area contributed by atoms with Gasteiger partial charge in [-0.2, -0.15) is 0 Å². The molecule has 0 radical (unpaired) electrons. The van der Waals surface area contributed by atoms with Gasteiger partial charge >= 0.3 is 0 Å². The lowest BCUT2D eigenvalue weighted by Crippen LogP contribution is -2.37. The third kappa shape index (κ3) is 5.58. The fourth-order valence-corrected chi connectivity index (χ4v) is 3.70. The molecule has 1 fully saturated rings. The highest BCUT2D eigenvalue weighted by molar-refractivity contribution is 5.71. The molecule has 6 nitrogen and oxygen atoms in total. The number of nitrogens with two attached hydrogens (primary N) is 1. The highest BCUT2D eigenvalue weighted by atomic mass is 16.5. The van der Waals surface area contributed by atoms with Gasteiger partial charge in [0.25, 0.3) is 10.9 Å². The van der Waals surface area contributed by atoms with Crippen molar-refractivity contribution >= 4 is 11.4 Å². The molecule has 1 aliphatic heterocycles. The highest BCUT2D eigenvalue weighted by Gasteiger charge is 2.16. The van der Waals surface area contributed by atoms with Gasteiger partial charge in [0.2, 0.25) is 0 Å². The van der Waals surface area contributed by atoms with Crippen molar-refractivity contribution in [3.05, 3.63) is 50.3 Å². The van der Waals surface area contributed by atoms with Crippen molar-refractivity contribution in [1.29, 1.82) is 0 Å². The lowest BCUT2D eigenvalue weighted by molar-refractivity contribution is 0.259. The van der Waals surface area contributed by atoms with E-state index in [4.69, 9.17) is 10.5 Å². The molecule has 3 N–H and O–H groups in total. The number of ether oxygens (including phenoxy) is 1. The number of nitrogen functional groups attached to an aromatic ring is 1. The van der Waals surface area contributed by atoms with E-state index >= 15 is 0 Å². The summed E-state index contributed by atoms with van der Waals surface area (Å²) in [7, 11) is 0. The summed E-state index contributed by atoms with van der Waals surface area (Å²) in [6, 6.07) is 8.30. The first-order valence-corrected chi connectivity index (χ1v) is 10.4. The van der Waals surface area contributed by atoms with E-state index in [1.54, 1.807) is 0 Å². The lowest BCUT2D eigenvalue weighted by atomic mass is 10.1. The van der Waals surface area contributed by atoms with Crippen molar-refractivity contribution in [1.82, 2.24) is 4.90 Å². The number of nitrogens with zero attached hydrogens (tertiary/aromatic N) is 1. The molecule has 0 amide bonds. The van der Waals surface area contributed by atoms with Crippen molar-refractivity contribution in [2.45, 2.75) is 51.5 Å². The predicted octanol–water partition coefficient (Wildman–Crippen LogP) is 2.90. The third-order valence-electron chi connectivity index (χ3n) is 5.34. The van der Waals surface area contributed by atoms with Crippen LogP contribution < -0.4 is 26.6 Å². The molecule has 2 aromatic carbocycles. The Balaban J connectivity index is 1.41. The molecule has 0 saturated carbocycles. The number of anilines is 2. The Kier molecular flexibility index (Phi) is 7.48. The second-order valence-electron chi connectivity index (χ2n) is 7.62. The maximum atomic E-state index is 11.3. The van der Waals surface area contributed by atoms with Gasteiger partial charge in [-0.05, 0) is 50.0 Å². The van der Waals surface area contributed by atoms with Crippen LogP contribution in [0.3, 0.4) is 0 Å². The van der Waals surface area contributed by atoms with E-state index in [-0.39, 0.29) is 11.4 Å². The summed E-state index contributed by atoms with van der Waals surface area (Å²) < 4.78 is 5.85. The largest absolute Gasteiger partial charge is 0.494 e. The minimum atomic E-state index is -0.591. The SMILES string of the molecule is Nc1c(NCCCOc2cccc(CN3CCCCCCCC3)c2)c(=O)c1=O. The van der Waals surface area contributed by atoms with Gasteiger partial charge in [0.05, 0.1) is 6.61 Å². The van der Waals surface area contributed by atoms with Crippen molar-refractivity contribution in [2.24, 2.45) is 0 Å². The predicted molar refractivity (Wildman–Crippen MR) is 114 cm³/mol. The fourth-order valence-electron chi connectivity index (χ4n) is 3.70. The number of hydrogen-bond donors (Lipinski definition) is 2. The van der Waals surface area contributed by atoms with Gasteiger partial charge in [0, 0.05) is 13.1 Å². The van der Waals surface area contributed by atoms with Crippen LogP contribution in [-0.4, -0.2) is 31.1 Å². The Hall–Kier alpha value is -2.34.